The molecule has 0 atom stereocenters. The summed E-state index contributed by atoms with van der Waals surface area (Å²) in [6, 6.07) is 18.0. The van der Waals surface area contributed by atoms with E-state index in [-0.39, 0.29) is 24.0 Å². The minimum atomic E-state index is 0. The van der Waals surface area contributed by atoms with Crippen molar-refractivity contribution >= 4 is 41.4 Å². The first-order valence-electron chi connectivity index (χ1n) is 10.6. The zero-order valence-electron chi connectivity index (χ0n) is 18.5. The first kappa shape index (κ1) is 25.2. The number of nitrogens with one attached hydrogen (secondary N) is 1. The molecular formula is C24H30IN7. The number of hydrogen-bond acceptors (Lipinski definition) is 4. The molecule has 0 fully saturated rings. The summed E-state index contributed by atoms with van der Waals surface area (Å²) in [4.78, 5) is 4.46. The fourth-order valence-electron chi connectivity index (χ4n) is 3.56. The van der Waals surface area contributed by atoms with Crippen LogP contribution in [0.2, 0.25) is 0 Å². The Morgan fingerprint density at radius 2 is 1.75 bits per heavy atom. The van der Waals surface area contributed by atoms with Crippen LogP contribution in [0.5, 0.6) is 0 Å². The zero-order valence-corrected chi connectivity index (χ0v) is 20.8. The Morgan fingerprint density at radius 1 is 1.09 bits per heavy atom. The van der Waals surface area contributed by atoms with Crippen LogP contribution in [-0.2, 0) is 19.3 Å². The second-order valence-electron chi connectivity index (χ2n) is 7.22. The number of aliphatic imine (C=N–C) groups is 1. The Balaban J connectivity index is 0.00000363. The minimum Gasteiger partial charge on any atom is -0.382 e. The second-order valence-corrected chi connectivity index (χ2v) is 7.22. The Kier molecular flexibility index (Phi) is 9.53. The van der Waals surface area contributed by atoms with Crippen molar-refractivity contribution in [3.05, 3.63) is 70.9 Å². The van der Waals surface area contributed by atoms with Gasteiger partial charge in [-0.2, -0.15) is 10.4 Å². The molecule has 3 aromatic rings. The molecule has 0 aliphatic heterocycles. The number of benzene rings is 2. The first-order chi connectivity index (χ1) is 15.1. The number of nitriles is 1. The lowest BCUT2D eigenvalue weighted by Gasteiger charge is -2.14. The topological polar surface area (TPSA) is 118 Å². The van der Waals surface area contributed by atoms with Gasteiger partial charge in [0.15, 0.2) is 5.96 Å². The Hall–Kier alpha value is -3.06. The molecule has 1 heterocycles. The number of nitrogens with zero attached hydrogens (tertiary/aromatic N) is 4. The fraction of sp³-hybridized carbons (Fsp3) is 0.292. The number of rotatable bonds is 8. The van der Waals surface area contributed by atoms with Crippen LogP contribution in [0.25, 0.3) is 5.69 Å². The van der Waals surface area contributed by atoms with Crippen molar-refractivity contribution in [2.45, 2.75) is 39.5 Å². The molecule has 3 rings (SSSR count). The number of nitrogens with two attached hydrogens (primary N) is 2. The van der Waals surface area contributed by atoms with Gasteiger partial charge in [-0.05, 0) is 48.9 Å². The van der Waals surface area contributed by atoms with E-state index in [1.807, 2.05) is 30.3 Å². The molecule has 0 amide bonds. The number of guanidine groups is 1. The minimum absolute atomic E-state index is 0. The summed E-state index contributed by atoms with van der Waals surface area (Å²) < 4.78 is 1.61. The third-order valence-corrected chi connectivity index (χ3v) is 5.21. The van der Waals surface area contributed by atoms with E-state index in [0.717, 1.165) is 24.2 Å². The van der Waals surface area contributed by atoms with Crippen LogP contribution in [0.4, 0.5) is 11.5 Å². The van der Waals surface area contributed by atoms with E-state index >= 15 is 0 Å². The Labute approximate surface area is 206 Å². The van der Waals surface area contributed by atoms with Gasteiger partial charge in [0.25, 0.3) is 0 Å². The van der Waals surface area contributed by atoms with Gasteiger partial charge in [-0.15, -0.1) is 24.0 Å². The van der Waals surface area contributed by atoms with Crippen molar-refractivity contribution in [3.63, 3.8) is 0 Å². The molecule has 8 heteroatoms. The molecule has 0 bridgehead atoms. The molecular weight excluding hydrogens is 513 g/mol. The lowest BCUT2D eigenvalue weighted by Crippen LogP contribution is -2.24. The SMILES string of the molecule is CCc1cccc(CC)c1NC(N)=NCCCc1nn(-c2ccccc2)c(N)c1C#N.I. The van der Waals surface area contributed by atoms with Gasteiger partial charge in [0, 0.05) is 12.2 Å². The largest absolute Gasteiger partial charge is 0.382 e. The number of hydrogen-bond donors (Lipinski definition) is 3. The quantitative estimate of drug-likeness (QED) is 0.168. The van der Waals surface area contributed by atoms with Crippen LogP contribution in [0, 0.1) is 11.3 Å². The van der Waals surface area contributed by atoms with E-state index in [1.165, 1.54) is 11.1 Å². The second kappa shape index (κ2) is 12.1. The number of para-hydroxylation sites is 2. The summed E-state index contributed by atoms with van der Waals surface area (Å²) >= 11 is 0. The van der Waals surface area contributed by atoms with Gasteiger partial charge in [0.05, 0.1) is 11.4 Å². The van der Waals surface area contributed by atoms with Crippen molar-refractivity contribution in [2.24, 2.45) is 10.7 Å². The number of halogens is 1. The van der Waals surface area contributed by atoms with Gasteiger partial charge < -0.3 is 16.8 Å². The van der Waals surface area contributed by atoms with Gasteiger partial charge >= 0.3 is 0 Å². The van der Waals surface area contributed by atoms with E-state index in [1.54, 1.807) is 4.68 Å². The summed E-state index contributed by atoms with van der Waals surface area (Å²) in [5.41, 5.74) is 17.7. The monoisotopic (exact) mass is 543 g/mol. The predicted molar refractivity (Wildman–Crippen MR) is 142 cm³/mol. The predicted octanol–water partition coefficient (Wildman–Crippen LogP) is 4.43. The standard InChI is InChI=1S/C24H29N7.HI/c1-3-17-10-8-11-18(4-2)22(17)29-24(27)28-15-9-14-21-20(16-25)23(26)31(30-21)19-12-6-5-7-13-19;/h5-8,10-13H,3-4,9,14-15,26H2,1-2H3,(H3,27,28,29);1H. The van der Waals surface area contributed by atoms with E-state index in [4.69, 9.17) is 11.5 Å². The van der Waals surface area contributed by atoms with Crippen LogP contribution >= 0.6 is 24.0 Å². The Bertz CT molecular complexity index is 1080. The third-order valence-electron chi connectivity index (χ3n) is 5.21. The molecule has 1 aromatic heterocycles. The molecule has 0 saturated carbocycles. The summed E-state index contributed by atoms with van der Waals surface area (Å²) in [6.07, 6.45) is 3.14. The van der Waals surface area contributed by atoms with Gasteiger partial charge in [-0.25, -0.2) is 4.68 Å². The number of aryl methyl sites for hydroxylation is 3. The molecule has 0 aliphatic carbocycles. The highest BCUT2D eigenvalue weighted by molar-refractivity contribution is 14.0. The average molecular weight is 543 g/mol. The maximum Gasteiger partial charge on any atom is 0.193 e. The lowest BCUT2D eigenvalue weighted by molar-refractivity contribution is 0.776. The summed E-state index contributed by atoms with van der Waals surface area (Å²) in [6.45, 7) is 4.78. The van der Waals surface area contributed by atoms with Crippen LogP contribution in [0.3, 0.4) is 0 Å². The molecule has 0 unspecified atom stereocenters. The van der Waals surface area contributed by atoms with Crippen molar-refractivity contribution in [2.75, 3.05) is 17.6 Å². The molecule has 2 aromatic carbocycles. The number of anilines is 2. The summed E-state index contributed by atoms with van der Waals surface area (Å²) in [7, 11) is 0. The third kappa shape index (κ3) is 5.79. The zero-order chi connectivity index (χ0) is 22.2. The van der Waals surface area contributed by atoms with Crippen LogP contribution in [0.15, 0.2) is 53.5 Å². The highest BCUT2D eigenvalue weighted by atomic mass is 127. The van der Waals surface area contributed by atoms with Crippen LogP contribution in [-0.4, -0.2) is 22.3 Å². The molecule has 5 N–H and O–H groups in total. The molecule has 32 heavy (non-hydrogen) atoms. The number of nitrogen functional groups attached to an aromatic ring is 1. The molecule has 168 valence electrons. The van der Waals surface area contributed by atoms with Crippen LogP contribution < -0.4 is 16.8 Å². The van der Waals surface area contributed by atoms with Crippen LogP contribution in [0.1, 0.15) is 42.7 Å². The van der Waals surface area contributed by atoms with Gasteiger partial charge in [-0.1, -0.05) is 50.2 Å². The Morgan fingerprint density at radius 3 is 2.34 bits per heavy atom. The highest BCUT2D eigenvalue weighted by Crippen LogP contribution is 2.23. The van der Waals surface area contributed by atoms with Gasteiger partial charge in [-0.3, -0.25) is 4.99 Å². The van der Waals surface area contributed by atoms with Crippen molar-refractivity contribution < 1.29 is 0 Å². The molecule has 0 spiro atoms. The summed E-state index contributed by atoms with van der Waals surface area (Å²) in [5, 5.41) is 17.4. The first-order valence-corrected chi connectivity index (χ1v) is 10.6. The highest BCUT2D eigenvalue weighted by Gasteiger charge is 2.16. The molecule has 0 saturated heterocycles. The van der Waals surface area contributed by atoms with E-state index in [2.05, 4.69) is 53.5 Å². The van der Waals surface area contributed by atoms with Gasteiger partial charge in [0.1, 0.15) is 17.5 Å². The average Bonchev–Trinajstić information content (AvgIpc) is 3.12. The van der Waals surface area contributed by atoms with E-state index < -0.39 is 0 Å². The molecule has 7 nitrogen and oxygen atoms in total. The summed E-state index contributed by atoms with van der Waals surface area (Å²) in [5.74, 6) is 0.752. The maximum absolute atomic E-state index is 9.53. The van der Waals surface area contributed by atoms with Crippen molar-refractivity contribution in [3.8, 4) is 11.8 Å². The van der Waals surface area contributed by atoms with Gasteiger partial charge in [0.2, 0.25) is 0 Å². The van der Waals surface area contributed by atoms with E-state index in [0.29, 0.717) is 42.4 Å². The molecule has 0 radical (unpaired) electrons. The maximum atomic E-state index is 9.53. The fourth-order valence-corrected chi connectivity index (χ4v) is 3.56. The smallest absolute Gasteiger partial charge is 0.193 e. The normalized spacial score (nSPS) is 11.0. The number of aromatic nitrogens is 2. The van der Waals surface area contributed by atoms with Crippen molar-refractivity contribution in [1.82, 2.24) is 9.78 Å². The lowest BCUT2D eigenvalue weighted by atomic mass is 10.0. The van der Waals surface area contributed by atoms with Crippen molar-refractivity contribution in [1.29, 1.82) is 5.26 Å². The molecule has 0 aliphatic rings. The van der Waals surface area contributed by atoms with E-state index in [9.17, 15) is 5.26 Å².